The number of nitrogens with one attached hydrogen (secondary N) is 1. The molecule has 0 unspecified atom stereocenters. The number of fused-ring (bicyclic) bond motifs is 1. The SMILES string of the molecule is Cc1ccc(CNc2ccc3ccccc3c2)c(Cl)c1. The quantitative estimate of drug-likeness (QED) is 0.676. The van der Waals surface area contributed by atoms with Crippen LogP contribution in [0.4, 0.5) is 5.69 Å². The van der Waals surface area contributed by atoms with Crippen molar-refractivity contribution in [2.75, 3.05) is 5.32 Å². The van der Waals surface area contributed by atoms with Crippen molar-refractivity contribution in [1.29, 1.82) is 0 Å². The van der Waals surface area contributed by atoms with Crippen LogP contribution in [0.2, 0.25) is 5.02 Å². The summed E-state index contributed by atoms with van der Waals surface area (Å²) in [6.07, 6.45) is 0. The first-order valence-corrected chi connectivity index (χ1v) is 7.08. The molecule has 0 aromatic heterocycles. The molecule has 100 valence electrons. The second kappa shape index (κ2) is 5.56. The van der Waals surface area contributed by atoms with Crippen LogP contribution >= 0.6 is 11.6 Å². The van der Waals surface area contributed by atoms with Gasteiger partial charge in [-0.1, -0.05) is 54.1 Å². The highest BCUT2D eigenvalue weighted by Gasteiger charge is 2.01. The monoisotopic (exact) mass is 281 g/mol. The van der Waals surface area contributed by atoms with Crippen LogP contribution in [0.15, 0.2) is 60.7 Å². The maximum absolute atomic E-state index is 6.25. The van der Waals surface area contributed by atoms with E-state index in [9.17, 15) is 0 Å². The zero-order valence-corrected chi connectivity index (χ0v) is 12.1. The molecule has 0 heterocycles. The Labute approximate surface area is 124 Å². The molecule has 2 heteroatoms. The zero-order chi connectivity index (χ0) is 13.9. The van der Waals surface area contributed by atoms with Gasteiger partial charge in [-0.2, -0.15) is 0 Å². The lowest BCUT2D eigenvalue weighted by molar-refractivity contribution is 1.15. The van der Waals surface area contributed by atoms with E-state index in [2.05, 4.69) is 59.9 Å². The van der Waals surface area contributed by atoms with Crippen LogP contribution in [-0.2, 0) is 6.54 Å². The summed E-state index contributed by atoms with van der Waals surface area (Å²) in [4.78, 5) is 0. The first kappa shape index (κ1) is 13.0. The molecule has 0 radical (unpaired) electrons. The van der Waals surface area contributed by atoms with Crippen LogP contribution in [0.25, 0.3) is 10.8 Å². The number of aryl methyl sites for hydroxylation is 1. The Balaban J connectivity index is 1.79. The molecule has 0 saturated carbocycles. The molecule has 0 atom stereocenters. The van der Waals surface area contributed by atoms with Gasteiger partial charge in [0.25, 0.3) is 0 Å². The molecule has 1 N–H and O–H groups in total. The van der Waals surface area contributed by atoms with Crippen molar-refractivity contribution < 1.29 is 0 Å². The Hall–Kier alpha value is -1.99. The van der Waals surface area contributed by atoms with Crippen LogP contribution in [0.3, 0.4) is 0 Å². The fourth-order valence-corrected chi connectivity index (χ4v) is 2.59. The Kier molecular flexibility index (Phi) is 3.62. The fourth-order valence-electron chi connectivity index (χ4n) is 2.29. The standard InChI is InChI=1S/C18H16ClN/c1-13-6-7-16(18(19)10-13)12-20-17-9-8-14-4-2-3-5-15(14)11-17/h2-11,20H,12H2,1H3. The number of rotatable bonds is 3. The largest absolute Gasteiger partial charge is 0.381 e. The van der Waals surface area contributed by atoms with Gasteiger partial charge in [-0.25, -0.2) is 0 Å². The summed E-state index contributed by atoms with van der Waals surface area (Å²) in [5, 5.41) is 6.75. The lowest BCUT2D eigenvalue weighted by Gasteiger charge is -2.09. The second-order valence-electron chi connectivity index (χ2n) is 5.01. The summed E-state index contributed by atoms with van der Waals surface area (Å²) in [6, 6.07) is 20.9. The third-order valence-corrected chi connectivity index (χ3v) is 3.79. The first-order valence-electron chi connectivity index (χ1n) is 6.70. The highest BCUT2D eigenvalue weighted by atomic mass is 35.5. The van der Waals surface area contributed by atoms with Crippen molar-refractivity contribution in [2.24, 2.45) is 0 Å². The van der Waals surface area contributed by atoms with Crippen LogP contribution in [0, 0.1) is 6.92 Å². The maximum Gasteiger partial charge on any atom is 0.0458 e. The van der Waals surface area contributed by atoms with Gasteiger partial charge < -0.3 is 5.32 Å². The van der Waals surface area contributed by atoms with Gasteiger partial charge in [-0.05, 0) is 47.0 Å². The van der Waals surface area contributed by atoms with Crippen molar-refractivity contribution in [3.63, 3.8) is 0 Å². The molecule has 0 spiro atoms. The smallest absolute Gasteiger partial charge is 0.0458 e. The van der Waals surface area contributed by atoms with E-state index in [0.717, 1.165) is 22.8 Å². The van der Waals surface area contributed by atoms with E-state index < -0.39 is 0 Å². The van der Waals surface area contributed by atoms with E-state index in [1.807, 2.05) is 13.0 Å². The first-order chi connectivity index (χ1) is 9.72. The lowest BCUT2D eigenvalue weighted by Crippen LogP contribution is -2.00. The fraction of sp³-hybridized carbons (Fsp3) is 0.111. The molecule has 3 aromatic rings. The van der Waals surface area contributed by atoms with Gasteiger partial charge in [0.2, 0.25) is 0 Å². The lowest BCUT2D eigenvalue weighted by atomic mass is 10.1. The molecular weight excluding hydrogens is 266 g/mol. The Bertz CT molecular complexity index is 749. The predicted molar refractivity (Wildman–Crippen MR) is 87.5 cm³/mol. The van der Waals surface area contributed by atoms with Crippen molar-refractivity contribution in [3.05, 3.63) is 76.8 Å². The van der Waals surface area contributed by atoms with Crippen LogP contribution in [-0.4, -0.2) is 0 Å². The molecule has 0 aliphatic heterocycles. The highest BCUT2D eigenvalue weighted by molar-refractivity contribution is 6.31. The normalized spacial score (nSPS) is 10.7. The minimum absolute atomic E-state index is 0.734. The summed E-state index contributed by atoms with van der Waals surface area (Å²) < 4.78 is 0. The molecular formula is C18H16ClN. The molecule has 0 aliphatic rings. The van der Waals surface area contributed by atoms with Crippen LogP contribution < -0.4 is 5.32 Å². The minimum Gasteiger partial charge on any atom is -0.381 e. The van der Waals surface area contributed by atoms with Gasteiger partial charge >= 0.3 is 0 Å². The van der Waals surface area contributed by atoms with Gasteiger partial charge in [0, 0.05) is 17.3 Å². The molecule has 0 bridgehead atoms. The summed E-state index contributed by atoms with van der Waals surface area (Å²) >= 11 is 6.25. The van der Waals surface area contributed by atoms with Crippen LogP contribution in [0.5, 0.6) is 0 Å². The van der Waals surface area contributed by atoms with Crippen LogP contribution in [0.1, 0.15) is 11.1 Å². The van der Waals surface area contributed by atoms with Gasteiger partial charge in [-0.15, -0.1) is 0 Å². The van der Waals surface area contributed by atoms with Crippen molar-refractivity contribution >= 4 is 28.1 Å². The van der Waals surface area contributed by atoms with Gasteiger partial charge in [0.15, 0.2) is 0 Å². The van der Waals surface area contributed by atoms with Crippen molar-refractivity contribution in [2.45, 2.75) is 13.5 Å². The zero-order valence-electron chi connectivity index (χ0n) is 11.4. The number of hydrogen-bond acceptors (Lipinski definition) is 1. The van der Waals surface area contributed by atoms with E-state index in [0.29, 0.717) is 0 Å². The van der Waals surface area contributed by atoms with E-state index in [1.54, 1.807) is 0 Å². The van der Waals surface area contributed by atoms with Gasteiger partial charge in [0.05, 0.1) is 0 Å². The van der Waals surface area contributed by atoms with E-state index in [4.69, 9.17) is 11.6 Å². The molecule has 3 rings (SSSR count). The molecule has 3 aromatic carbocycles. The second-order valence-corrected chi connectivity index (χ2v) is 5.42. The molecule has 0 aliphatic carbocycles. The van der Waals surface area contributed by atoms with Gasteiger partial charge in [-0.3, -0.25) is 0 Å². The summed E-state index contributed by atoms with van der Waals surface area (Å²) in [5.74, 6) is 0. The van der Waals surface area contributed by atoms with Gasteiger partial charge in [0.1, 0.15) is 0 Å². The summed E-state index contributed by atoms with van der Waals surface area (Å²) in [6.45, 7) is 2.78. The topological polar surface area (TPSA) is 12.0 Å². The van der Waals surface area contributed by atoms with Crippen molar-refractivity contribution in [1.82, 2.24) is 0 Å². The van der Waals surface area contributed by atoms with E-state index in [1.165, 1.54) is 16.3 Å². The highest BCUT2D eigenvalue weighted by Crippen LogP contribution is 2.22. The number of benzene rings is 3. The summed E-state index contributed by atoms with van der Waals surface area (Å²) in [7, 11) is 0. The number of halogens is 1. The average molecular weight is 282 g/mol. The molecule has 0 saturated heterocycles. The molecule has 0 fully saturated rings. The third-order valence-electron chi connectivity index (χ3n) is 3.44. The minimum atomic E-state index is 0.734. The maximum atomic E-state index is 6.25. The Morgan fingerprint density at radius 2 is 1.70 bits per heavy atom. The number of hydrogen-bond donors (Lipinski definition) is 1. The number of anilines is 1. The van der Waals surface area contributed by atoms with E-state index >= 15 is 0 Å². The summed E-state index contributed by atoms with van der Waals surface area (Å²) in [5.41, 5.74) is 3.41. The van der Waals surface area contributed by atoms with E-state index in [-0.39, 0.29) is 0 Å². The average Bonchev–Trinajstić information content (AvgIpc) is 2.46. The predicted octanol–water partition coefficient (Wildman–Crippen LogP) is 5.41. The molecule has 1 nitrogen and oxygen atoms in total. The Morgan fingerprint density at radius 3 is 2.50 bits per heavy atom. The third kappa shape index (κ3) is 2.78. The molecule has 20 heavy (non-hydrogen) atoms. The Morgan fingerprint density at radius 1 is 0.900 bits per heavy atom. The molecule has 0 amide bonds. The van der Waals surface area contributed by atoms with Crippen molar-refractivity contribution in [3.8, 4) is 0 Å².